The molecule has 7 heteroatoms. The molecule has 3 rings (SSSR count). The van der Waals surface area contributed by atoms with Crippen LogP contribution in [0.5, 0.6) is 0 Å². The molecule has 3 aromatic carbocycles. The number of nitro groups is 1. The Balaban J connectivity index is 2.07. The Morgan fingerprint density at radius 3 is 1.89 bits per heavy atom. The zero-order chi connectivity index (χ0) is 20.1. The number of hydrogen-bond acceptors (Lipinski definition) is 4. The van der Waals surface area contributed by atoms with Crippen molar-refractivity contribution in [2.75, 3.05) is 10.2 Å². The highest BCUT2D eigenvalue weighted by molar-refractivity contribution is 6.11. The normalized spacial score (nSPS) is 10.2. The average Bonchev–Trinajstić information content (AvgIpc) is 2.69. The molecule has 0 aliphatic carbocycles. The van der Waals surface area contributed by atoms with Crippen LogP contribution in [0.25, 0.3) is 0 Å². The summed E-state index contributed by atoms with van der Waals surface area (Å²) in [5.41, 5.74) is 1.09. The van der Waals surface area contributed by atoms with Crippen molar-refractivity contribution in [3.8, 4) is 0 Å². The summed E-state index contributed by atoms with van der Waals surface area (Å²) in [7, 11) is 0. The van der Waals surface area contributed by atoms with Crippen molar-refractivity contribution in [3.63, 3.8) is 0 Å². The van der Waals surface area contributed by atoms with Crippen molar-refractivity contribution in [2.45, 2.75) is 6.92 Å². The van der Waals surface area contributed by atoms with Crippen molar-refractivity contribution in [1.29, 1.82) is 0 Å². The van der Waals surface area contributed by atoms with Gasteiger partial charge in [0, 0.05) is 29.9 Å². The van der Waals surface area contributed by atoms with Crippen molar-refractivity contribution in [2.24, 2.45) is 0 Å². The first kappa shape index (κ1) is 18.8. The van der Waals surface area contributed by atoms with Crippen LogP contribution >= 0.6 is 0 Å². The first-order chi connectivity index (χ1) is 13.5. The van der Waals surface area contributed by atoms with E-state index in [9.17, 15) is 19.7 Å². The molecule has 0 fully saturated rings. The van der Waals surface area contributed by atoms with E-state index in [4.69, 9.17) is 0 Å². The molecule has 0 heterocycles. The number of nitro benzene ring substituents is 1. The maximum absolute atomic E-state index is 13.3. The number of nitrogens with zero attached hydrogens (tertiary/aromatic N) is 2. The number of amides is 2. The lowest BCUT2D eigenvalue weighted by molar-refractivity contribution is -0.384. The van der Waals surface area contributed by atoms with Crippen molar-refractivity contribution < 1.29 is 14.5 Å². The zero-order valence-electron chi connectivity index (χ0n) is 15.0. The van der Waals surface area contributed by atoms with Gasteiger partial charge in [-0.25, -0.2) is 0 Å². The molecule has 7 nitrogen and oxygen atoms in total. The van der Waals surface area contributed by atoms with Gasteiger partial charge in [-0.3, -0.25) is 24.6 Å². The molecule has 0 radical (unpaired) electrons. The molecule has 0 aromatic heterocycles. The molecule has 2 amide bonds. The predicted octanol–water partition coefficient (Wildman–Crippen LogP) is 4.53. The van der Waals surface area contributed by atoms with E-state index in [-0.39, 0.29) is 16.9 Å². The molecular formula is C21H17N3O4. The fourth-order valence-corrected chi connectivity index (χ4v) is 2.78. The van der Waals surface area contributed by atoms with Gasteiger partial charge in [0.1, 0.15) is 5.69 Å². The van der Waals surface area contributed by atoms with Crippen LogP contribution in [0.3, 0.4) is 0 Å². The highest BCUT2D eigenvalue weighted by atomic mass is 16.6. The number of rotatable bonds is 5. The van der Waals surface area contributed by atoms with Gasteiger partial charge in [-0.1, -0.05) is 36.4 Å². The first-order valence-electron chi connectivity index (χ1n) is 8.48. The average molecular weight is 375 g/mol. The second-order valence-electron chi connectivity index (χ2n) is 5.98. The van der Waals surface area contributed by atoms with E-state index in [0.29, 0.717) is 11.4 Å². The van der Waals surface area contributed by atoms with Gasteiger partial charge < -0.3 is 5.32 Å². The summed E-state index contributed by atoms with van der Waals surface area (Å²) in [5, 5.41) is 13.8. The van der Waals surface area contributed by atoms with Gasteiger partial charge in [0.15, 0.2) is 0 Å². The van der Waals surface area contributed by atoms with Gasteiger partial charge >= 0.3 is 0 Å². The largest absolute Gasteiger partial charge is 0.321 e. The molecule has 0 unspecified atom stereocenters. The summed E-state index contributed by atoms with van der Waals surface area (Å²) in [6.45, 7) is 1.26. The highest BCUT2D eigenvalue weighted by Gasteiger charge is 2.23. The Hall–Kier alpha value is -4.00. The fourth-order valence-electron chi connectivity index (χ4n) is 2.78. The van der Waals surface area contributed by atoms with Gasteiger partial charge in [0.2, 0.25) is 5.91 Å². The van der Waals surface area contributed by atoms with Crippen molar-refractivity contribution in [3.05, 3.63) is 94.5 Å². The van der Waals surface area contributed by atoms with Gasteiger partial charge in [0.25, 0.3) is 11.6 Å². The van der Waals surface area contributed by atoms with E-state index in [2.05, 4.69) is 5.32 Å². The maximum atomic E-state index is 13.3. The Bertz CT molecular complexity index is 981. The van der Waals surface area contributed by atoms with E-state index in [1.807, 2.05) is 12.1 Å². The molecule has 140 valence electrons. The number of anilines is 3. The summed E-state index contributed by atoms with van der Waals surface area (Å²) >= 11 is 0. The maximum Gasteiger partial charge on any atom is 0.293 e. The summed E-state index contributed by atoms with van der Waals surface area (Å²) in [4.78, 5) is 36.8. The molecule has 3 aromatic rings. The third kappa shape index (κ3) is 4.04. The molecule has 0 aliphatic rings. The van der Waals surface area contributed by atoms with Gasteiger partial charge in [-0.15, -0.1) is 0 Å². The van der Waals surface area contributed by atoms with Crippen LogP contribution in [0, 0.1) is 10.1 Å². The number of carbonyl (C=O) groups excluding carboxylic acids is 2. The quantitative estimate of drug-likeness (QED) is 0.524. The van der Waals surface area contributed by atoms with Crippen LogP contribution in [0.2, 0.25) is 0 Å². The first-order valence-corrected chi connectivity index (χ1v) is 8.48. The van der Waals surface area contributed by atoms with E-state index < -0.39 is 16.7 Å². The summed E-state index contributed by atoms with van der Waals surface area (Å²) in [6, 6.07) is 22.0. The third-order valence-electron chi connectivity index (χ3n) is 3.98. The minimum absolute atomic E-state index is 0.0417. The second kappa shape index (κ2) is 8.13. The molecule has 0 saturated carbocycles. The molecule has 0 bridgehead atoms. The van der Waals surface area contributed by atoms with Gasteiger partial charge in [0.05, 0.1) is 4.92 Å². The van der Waals surface area contributed by atoms with Crippen LogP contribution in [0.4, 0.5) is 22.7 Å². The molecule has 0 aliphatic heterocycles. The monoisotopic (exact) mass is 375 g/mol. The Labute approximate surface area is 161 Å². The highest BCUT2D eigenvalue weighted by Crippen LogP contribution is 2.30. The van der Waals surface area contributed by atoms with Gasteiger partial charge in [-0.05, 0) is 36.4 Å². The number of carbonyl (C=O) groups is 2. The number of para-hydroxylation sites is 2. The Morgan fingerprint density at radius 2 is 1.43 bits per heavy atom. The molecule has 0 atom stereocenters. The second-order valence-corrected chi connectivity index (χ2v) is 5.98. The minimum atomic E-state index is -0.628. The lowest BCUT2D eigenvalue weighted by Gasteiger charge is -2.23. The van der Waals surface area contributed by atoms with Crippen LogP contribution in [0.15, 0.2) is 78.9 Å². The Morgan fingerprint density at radius 1 is 0.893 bits per heavy atom. The summed E-state index contributed by atoms with van der Waals surface area (Å²) < 4.78 is 0. The number of benzene rings is 3. The van der Waals surface area contributed by atoms with Crippen LogP contribution in [-0.2, 0) is 4.79 Å². The predicted molar refractivity (Wildman–Crippen MR) is 107 cm³/mol. The van der Waals surface area contributed by atoms with Crippen LogP contribution in [-0.4, -0.2) is 16.7 Å². The molecule has 1 N–H and O–H groups in total. The Kier molecular flexibility index (Phi) is 5.45. The topological polar surface area (TPSA) is 92.6 Å². The number of hydrogen-bond donors (Lipinski definition) is 1. The van der Waals surface area contributed by atoms with Crippen LogP contribution in [0.1, 0.15) is 17.3 Å². The van der Waals surface area contributed by atoms with E-state index in [1.54, 1.807) is 48.5 Å². The molecular weight excluding hydrogens is 358 g/mol. The summed E-state index contributed by atoms with van der Waals surface area (Å²) in [6.07, 6.45) is 0. The van der Waals surface area contributed by atoms with Crippen molar-refractivity contribution >= 4 is 34.6 Å². The molecule has 28 heavy (non-hydrogen) atoms. The van der Waals surface area contributed by atoms with Crippen molar-refractivity contribution in [1.82, 2.24) is 0 Å². The SMILES string of the molecule is CC(=O)Nc1ccc(C(=O)N(c2ccccc2)c2ccccc2)cc1[N+](=O)[O-]. The lowest BCUT2D eigenvalue weighted by atomic mass is 10.1. The summed E-state index contributed by atoms with van der Waals surface area (Å²) in [5.74, 6) is -0.854. The van der Waals surface area contributed by atoms with Crippen LogP contribution < -0.4 is 10.2 Å². The van der Waals surface area contributed by atoms with Gasteiger partial charge in [-0.2, -0.15) is 0 Å². The smallest absolute Gasteiger partial charge is 0.293 e. The molecule has 0 spiro atoms. The van der Waals surface area contributed by atoms with E-state index in [1.165, 1.54) is 30.0 Å². The standard InChI is InChI=1S/C21H17N3O4/c1-15(25)22-19-13-12-16(14-20(19)24(27)28)21(26)23(17-8-4-2-5-9-17)18-10-6-3-7-11-18/h2-14H,1H3,(H,22,25). The molecule has 0 saturated heterocycles. The zero-order valence-corrected chi connectivity index (χ0v) is 15.0. The van der Waals surface area contributed by atoms with E-state index in [0.717, 1.165) is 0 Å². The lowest BCUT2D eigenvalue weighted by Crippen LogP contribution is -2.26. The minimum Gasteiger partial charge on any atom is -0.321 e. The third-order valence-corrected chi connectivity index (χ3v) is 3.98. The number of nitrogens with one attached hydrogen (secondary N) is 1. The van der Waals surface area contributed by atoms with E-state index >= 15 is 0 Å². The fraction of sp³-hybridized carbons (Fsp3) is 0.0476.